The van der Waals surface area contributed by atoms with Crippen LogP contribution in [0.15, 0.2) is 41.6 Å². The predicted octanol–water partition coefficient (Wildman–Crippen LogP) is 2.15. The Hall–Kier alpha value is -1.75. The van der Waals surface area contributed by atoms with Gasteiger partial charge in [-0.15, -0.1) is 0 Å². The van der Waals surface area contributed by atoms with Crippen molar-refractivity contribution in [3.8, 4) is 0 Å². The lowest BCUT2D eigenvalue weighted by atomic mass is 10.1. The lowest BCUT2D eigenvalue weighted by Crippen LogP contribution is -2.32. The number of rotatable bonds is 2. The summed E-state index contributed by atoms with van der Waals surface area (Å²) >= 11 is 1.55. The van der Waals surface area contributed by atoms with Gasteiger partial charge in [0, 0.05) is 19.3 Å². The van der Waals surface area contributed by atoms with Gasteiger partial charge in [0.2, 0.25) is 0 Å². The van der Waals surface area contributed by atoms with Crippen LogP contribution in [0.2, 0.25) is 0 Å². The summed E-state index contributed by atoms with van der Waals surface area (Å²) in [7, 11) is 1.67. The summed E-state index contributed by atoms with van der Waals surface area (Å²) in [6.07, 6.45) is 0.869. The van der Waals surface area contributed by atoms with E-state index < -0.39 is 0 Å². The molecule has 0 unspecified atom stereocenters. The maximum Gasteiger partial charge on any atom is 0.263 e. The molecule has 0 aliphatic carbocycles. The fourth-order valence-corrected chi connectivity index (χ4v) is 2.71. The number of hydrogen-bond acceptors (Lipinski definition) is 4. The second kappa shape index (κ2) is 5.73. The van der Waals surface area contributed by atoms with E-state index in [2.05, 4.69) is 4.99 Å². The average molecular weight is 262 g/mol. The normalized spacial score (nSPS) is 18.4. The molecule has 0 radical (unpaired) electrons. The molecule has 0 aromatic heterocycles. The first-order valence-electron chi connectivity index (χ1n) is 5.59. The number of aliphatic hydroxyl groups excluding tert-OH is 1. The van der Waals surface area contributed by atoms with E-state index >= 15 is 0 Å². The Balaban J connectivity index is 2.27. The molecule has 2 rings (SSSR count). The van der Waals surface area contributed by atoms with E-state index in [0.717, 1.165) is 12.0 Å². The average Bonchev–Trinajstić information content (AvgIpc) is 2.89. The van der Waals surface area contributed by atoms with Gasteiger partial charge in [-0.1, -0.05) is 42.1 Å². The Labute approximate surface area is 110 Å². The molecule has 1 aromatic rings. The zero-order chi connectivity index (χ0) is 13.0. The maximum absolute atomic E-state index is 12.3. The van der Waals surface area contributed by atoms with Gasteiger partial charge < -0.3 is 5.11 Å². The van der Waals surface area contributed by atoms with Crippen LogP contribution in [0.1, 0.15) is 5.56 Å². The molecule has 0 atom stereocenters. The van der Waals surface area contributed by atoms with Gasteiger partial charge in [-0.25, -0.2) is 0 Å². The van der Waals surface area contributed by atoms with Crippen molar-refractivity contribution in [2.24, 2.45) is 4.99 Å². The summed E-state index contributed by atoms with van der Waals surface area (Å²) < 4.78 is 0. The Morgan fingerprint density at radius 3 is 2.78 bits per heavy atom. The fraction of sp³-hybridized carbons (Fsp3) is 0.231. The predicted molar refractivity (Wildman–Crippen MR) is 74.6 cm³/mol. The highest BCUT2D eigenvalue weighted by molar-refractivity contribution is 8.14. The van der Waals surface area contributed by atoms with Crippen molar-refractivity contribution >= 4 is 28.4 Å². The molecule has 18 heavy (non-hydrogen) atoms. The summed E-state index contributed by atoms with van der Waals surface area (Å²) in [5, 5.41) is 10.0. The van der Waals surface area contributed by atoms with Gasteiger partial charge >= 0.3 is 0 Å². The summed E-state index contributed by atoms with van der Waals surface area (Å²) in [4.78, 5) is 18.0. The van der Waals surface area contributed by atoms with Crippen LogP contribution in [-0.2, 0) is 4.79 Å². The minimum absolute atomic E-state index is 0.214. The highest BCUT2D eigenvalue weighted by Crippen LogP contribution is 2.23. The largest absolute Gasteiger partial charge is 0.515 e. The first-order chi connectivity index (χ1) is 8.77. The molecular weight excluding hydrogens is 248 g/mol. The van der Waals surface area contributed by atoms with Crippen molar-refractivity contribution < 1.29 is 9.90 Å². The summed E-state index contributed by atoms with van der Waals surface area (Å²) in [6.45, 7) is 0.625. The Bertz CT molecular complexity index is 497. The zero-order valence-electron chi connectivity index (χ0n) is 10.0. The van der Waals surface area contributed by atoms with Crippen LogP contribution in [0.4, 0.5) is 0 Å². The minimum atomic E-state index is -0.214. The molecule has 1 heterocycles. The summed E-state index contributed by atoms with van der Waals surface area (Å²) in [6, 6.07) is 9.13. The van der Waals surface area contributed by atoms with E-state index in [0.29, 0.717) is 22.8 Å². The third-order valence-corrected chi connectivity index (χ3v) is 3.71. The molecule has 4 nitrogen and oxygen atoms in total. The number of aliphatic hydroxyl groups is 1. The summed E-state index contributed by atoms with van der Waals surface area (Å²) in [5.41, 5.74) is 0.997. The van der Waals surface area contributed by atoms with Crippen LogP contribution < -0.4 is 0 Å². The van der Waals surface area contributed by atoms with Crippen molar-refractivity contribution in [1.82, 2.24) is 4.90 Å². The van der Waals surface area contributed by atoms with Gasteiger partial charge in [-0.3, -0.25) is 14.7 Å². The lowest BCUT2D eigenvalue weighted by molar-refractivity contribution is -0.121. The number of hydrogen-bond donors (Lipinski definition) is 1. The molecule has 1 aromatic carbocycles. The molecule has 1 fully saturated rings. The van der Waals surface area contributed by atoms with Crippen LogP contribution in [0, 0.1) is 0 Å². The van der Waals surface area contributed by atoms with Crippen LogP contribution in [0.3, 0.4) is 0 Å². The summed E-state index contributed by atoms with van der Waals surface area (Å²) in [5.74, 6) is 0.626. The standard InChI is InChI=1S/C13H14N2O2S/c1-14-13-15(7-8-18-13)12(17)11(9-16)10-5-3-2-4-6-10/h2-6,9,16H,7-8H2,1H3/b11-9+,14-13-. The molecule has 0 bridgehead atoms. The Morgan fingerprint density at radius 2 is 2.17 bits per heavy atom. The van der Waals surface area contributed by atoms with Gasteiger partial charge in [0.25, 0.3) is 5.91 Å². The molecule has 5 heteroatoms. The van der Waals surface area contributed by atoms with Crippen LogP contribution >= 0.6 is 11.8 Å². The third kappa shape index (κ3) is 2.41. The Morgan fingerprint density at radius 1 is 1.44 bits per heavy atom. The van der Waals surface area contributed by atoms with Crippen molar-refractivity contribution in [1.29, 1.82) is 0 Å². The smallest absolute Gasteiger partial charge is 0.263 e. The number of nitrogens with zero attached hydrogens (tertiary/aromatic N) is 2. The van der Waals surface area contributed by atoms with Gasteiger partial charge in [0.1, 0.15) is 0 Å². The molecule has 1 aliphatic heterocycles. The van der Waals surface area contributed by atoms with Crippen LogP contribution in [-0.4, -0.2) is 40.4 Å². The van der Waals surface area contributed by atoms with Gasteiger partial charge in [0.15, 0.2) is 5.17 Å². The van der Waals surface area contributed by atoms with Crippen molar-refractivity contribution in [2.45, 2.75) is 0 Å². The van der Waals surface area contributed by atoms with E-state index in [1.54, 1.807) is 35.8 Å². The SMILES string of the molecule is C/N=C1\SCCN1C(=O)/C(=C/O)c1ccccc1. The third-order valence-electron chi connectivity index (χ3n) is 2.66. The Kier molecular flexibility index (Phi) is 4.04. The molecule has 1 saturated heterocycles. The molecule has 94 valence electrons. The monoisotopic (exact) mass is 262 g/mol. The van der Waals surface area contributed by atoms with Crippen molar-refractivity contribution in [2.75, 3.05) is 19.3 Å². The van der Waals surface area contributed by atoms with E-state index in [1.165, 1.54) is 0 Å². The first-order valence-corrected chi connectivity index (χ1v) is 6.57. The minimum Gasteiger partial charge on any atom is -0.515 e. The second-order valence-corrected chi connectivity index (χ2v) is 4.78. The van der Waals surface area contributed by atoms with Crippen molar-refractivity contribution in [3.05, 3.63) is 42.2 Å². The fourth-order valence-electron chi connectivity index (χ4n) is 1.79. The number of amidine groups is 1. The lowest BCUT2D eigenvalue weighted by Gasteiger charge is -2.17. The van der Waals surface area contributed by atoms with Crippen LogP contribution in [0.5, 0.6) is 0 Å². The number of carbonyl (C=O) groups excluding carboxylic acids is 1. The van der Waals surface area contributed by atoms with Crippen LogP contribution in [0.25, 0.3) is 5.57 Å². The highest BCUT2D eigenvalue weighted by atomic mass is 32.2. The quantitative estimate of drug-likeness (QED) is 0.656. The maximum atomic E-state index is 12.3. The molecule has 1 amide bonds. The molecule has 1 aliphatic rings. The van der Waals surface area contributed by atoms with E-state index in [1.807, 2.05) is 18.2 Å². The van der Waals surface area contributed by atoms with Gasteiger partial charge in [0.05, 0.1) is 11.8 Å². The molecule has 0 saturated carbocycles. The van der Waals surface area contributed by atoms with E-state index in [4.69, 9.17) is 0 Å². The van der Waals surface area contributed by atoms with Gasteiger partial charge in [-0.2, -0.15) is 0 Å². The topological polar surface area (TPSA) is 52.9 Å². The first kappa shape index (κ1) is 12.7. The molecular formula is C13H14N2O2S. The highest BCUT2D eigenvalue weighted by Gasteiger charge is 2.28. The number of carbonyl (C=O) groups is 1. The van der Waals surface area contributed by atoms with E-state index in [9.17, 15) is 9.90 Å². The molecule has 0 spiro atoms. The van der Waals surface area contributed by atoms with Gasteiger partial charge in [-0.05, 0) is 5.56 Å². The second-order valence-electron chi connectivity index (χ2n) is 3.72. The van der Waals surface area contributed by atoms with Crippen molar-refractivity contribution in [3.63, 3.8) is 0 Å². The van der Waals surface area contributed by atoms with E-state index in [-0.39, 0.29) is 5.91 Å². The number of thioether (sulfide) groups is 1. The zero-order valence-corrected chi connectivity index (χ0v) is 10.9. The number of benzene rings is 1. The molecule has 1 N–H and O–H groups in total. The number of amides is 1. The number of aliphatic imine (C=N–C) groups is 1.